The van der Waals surface area contributed by atoms with Gasteiger partial charge in [0.15, 0.2) is 0 Å². The number of nitrogens with one attached hydrogen (secondary N) is 1. The van der Waals surface area contributed by atoms with E-state index >= 15 is 0 Å². The average molecular weight is 308 g/mol. The summed E-state index contributed by atoms with van der Waals surface area (Å²) in [5.74, 6) is 1.74. The van der Waals surface area contributed by atoms with Gasteiger partial charge in [0.2, 0.25) is 0 Å². The van der Waals surface area contributed by atoms with E-state index in [9.17, 15) is 0 Å². The van der Waals surface area contributed by atoms with Crippen molar-refractivity contribution in [2.75, 3.05) is 53.6 Å². The van der Waals surface area contributed by atoms with Crippen LogP contribution >= 0.6 is 0 Å². The highest BCUT2D eigenvalue weighted by Gasteiger charge is 2.26. The molecule has 0 aliphatic carbocycles. The summed E-state index contributed by atoms with van der Waals surface area (Å²) < 4.78 is 11.4. The van der Waals surface area contributed by atoms with Crippen molar-refractivity contribution in [2.45, 2.75) is 25.5 Å². The molecule has 2 fully saturated rings. The molecule has 6 heteroatoms. The minimum atomic E-state index is 0.0736. The van der Waals surface area contributed by atoms with Crippen molar-refractivity contribution < 1.29 is 9.47 Å². The maximum Gasteiger partial charge on any atom is 0.136 e. The van der Waals surface area contributed by atoms with Crippen LogP contribution in [-0.4, -0.2) is 73.3 Å². The second-order valence-corrected chi connectivity index (χ2v) is 6.71. The van der Waals surface area contributed by atoms with Gasteiger partial charge in [-0.3, -0.25) is 4.90 Å². The van der Waals surface area contributed by atoms with Crippen LogP contribution in [0.25, 0.3) is 0 Å². The Hall–Kier alpha value is -0.950. The van der Waals surface area contributed by atoms with Gasteiger partial charge in [-0.1, -0.05) is 0 Å². The standard InChI is InChI=1S/C16H28N4O2/c1-19(2)11-14-9-17-16(18-14)15-12-20(5-8-22-15)10-13-3-6-21-7-4-13/h9,13,15H,3-8,10-12H2,1-2H3,(H,17,18)/t15-/m0/s1. The Labute approximate surface area is 132 Å². The Morgan fingerprint density at radius 3 is 2.91 bits per heavy atom. The second-order valence-electron chi connectivity index (χ2n) is 6.71. The zero-order valence-electron chi connectivity index (χ0n) is 13.8. The van der Waals surface area contributed by atoms with Crippen molar-refractivity contribution in [1.82, 2.24) is 19.8 Å². The summed E-state index contributed by atoms with van der Waals surface area (Å²) in [6.45, 7) is 6.64. The Morgan fingerprint density at radius 1 is 1.32 bits per heavy atom. The summed E-state index contributed by atoms with van der Waals surface area (Å²) in [5.41, 5.74) is 1.14. The molecule has 0 radical (unpaired) electrons. The second kappa shape index (κ2) is 7.55. The number of aromatic amines is 1. The van der Waals surface area contributed by atoms with Crippen LogP contribution in [0.1, 0.15) is 30.5 Å². The molecule has 0 saturated carbocycles. The maximum atomic E-state index is 5.93. The third-order valence-electron chi connectivity index (χ3n) is 4.45. The van der Waals surface area contributed by atoms with Gasteiger partial charge in [0.1, 0.15) is 11.9 Å². The van der Waals surface area contributed by atoms with Crippen LogP contribution in [0.15, 0.2) is 6.20 Å². The van der Waals surface area contributed by atoms with E-state index in [1.54, 1.807) is 0 Å². The van der Waals surface area contributed by atoms with Gasteiger partial charge < -0.3 is 19.4 Å². The van der Waals surface area contributed by atoms with Crippen LogP contribution in [0.4, 0.5) is 0 Å². The minimum Gasteiger partial charge on any atom is -0.381 e. The fourth-order valence-electron chi connectivity index (χ4n) is 3.29. The van der Waals surface area contributed by atoms with Crippen LogP contribution in [0.2, 0.25) is 0 Å². The molecule has 0 amide bonds. The lowest BCUT2D eigenvalue weighted by atomic mass is 9.99. The summed E-state index contributed by atoms with van der Waals surface area (Å²) in [6.07, 6.45) is 4.38. The van der Waals surface area contributed by atoms with Gasteiger partial charge >= 0.3 is 0 Å². The summed E-state index contributed by atoms with van der Waals surface area (Å²) in [4.78, 5) is 12.6. The van der Waals surface area contributed by atoms with Gasteiger partial charge in [-0.25, -0.2) is 4.98 Å². The molecule has 3 heterocycles. The first-order valence-corrected chi connectivity index (χ1v) is 8.31. The van der Waals surface area contributed by atoms with E-state index in [1.165, 1.54) is 12.8 Å². The minimum absolute atomic E-state index is 0.0736. The molecule has 1 N–H and O–H groups in total. The third kappa shape index (κ3) is 4.29. The van der Waals surface area contributed by atoms with Gasteiger partial charge in [0, 0.05) is 51.3 Å². The Bertz CT molecular complexity index is 457. The van der Waals surface area contributed by atoms with Crippen molar-refractivity contribution in [1.29, 1.82) is 0 Å². The molecule has 6 nitrogen and oxygen atoms in total. The molecule has 0 aromatic carbocycles. The van der Waals surface area contributed by atoms with Crippen molar-refractivity contribution >= 4 is 0 Å². The first-order valence-electron chi connectivity index (χ1n) is 8.31. The fraction of sp³-hybridized carbons (Fsp3) is 0.812. The van der Waals surface area contributed by atoms with E-state index in [4.69, 9.17) is 9.47 Å². The fourth-order valence-corrected chi connectivity index (χ4v) is 3.29. The van der Waals surface area contributed by atoms with Gasteiger partial charge in [-0.05, 0) is 32.9 Å². The number of nitrogens with zero attached hydrogens (tertiary/aromatic N) is 3. The van der Waals surface area contributed by atoms with Gasteiger partial charge in [-0.2, -0.15) is 0 Å². The predicted molar refractivity (Wildman–Crippen MR) is 84.7 cm³/mol. The monoisotopic (exact) mass is 308 g/mol. The van der Waals surface area contributed by atoms with Gasteiger partial charge in [0.05, 0.1) is 6.61 Å². The number of hydrogen-bond donors (Lipinski definition) is 1. The first-order chi connectivity index (χ1) is 10.7. The van der Waals surface area contributed by atoms with Crippen molar-refractivity contribution in [3.63, 3.8) is 0 Å². The van der Waals surface area contributed by atoms with E-state index < -0.39 is 0 Å². The molecular formula is C16H28N4O2. The molecule has 22 heavy (non-hydrogen) atoms. The number of imidazole rings is 1. The number of hydrogen-bond acceptors (Lipinski definition) is 5. The predicted octanol–water partition coefficient (Wildman–Crippen LogP) is 1.27. The topological polar surface area (TPSA) is 53.6 Å². The molecule has 124 valence electrons. The number of morpholine rings is 1. The lowest BCUT2D eigenvalue weighted by molar-refractivity contribution is -0.0445. The molecule has 2 saturated heterocycles. The average Bonchev–Trinajstić information content (AvgIpc) is 2.96. The number of ether oxygens (including phenoxy) is 2. The smallest absolute Gasteiger partial charge is 0.136 e. The molecule has 2 aliphatic heterocycles. The zero-order valence-corrected chi connectivity index (χ0v) is 13.8. The summed E-state index contributed by atoms with van der Waals surface area (Å²) in [7, 11) is 4.13. The Balaban J connectivity index is 1.54. The van der Waals surface area contributed by atoms with Crippen LogP contribution in [0.5, 0.6) is 0 Å². The molecule has 1 atom stereocenters. The maximum absolute atomic E-state index is 5.93. The number of H-pyrrole nitrogens is 1. The Kier molecular flexibility index (Phi) is 5.46. The normalized spacial score (nSPS) is 25.0. The highest BCUT2D eigenvalue weighted by molar-refractivity contribution is 5.04. The molecule has 1 aromatic rings. The summed E-state index contributed by atoms with van der Waals surface area (Å²) >= 11 is 0. The van der Waals surface area contributed by atoms with Crippen LogP contribution in [-0.2, 0) is 16.0 Å². The third-order valence-corrected chi connectivity index (χ3v) is 4.45. The quantitative estimate of drug-likeness (QED) is 0.888. The zero-order chi connectivity index (χ0) is 15.4. The molecule has 0 bridgehead atoms. The van der Waals surface area contributed by atoms with Gasteiger partial charge in [-0.15, -0.1) is 0 Å². The lowest BCUT2D eigenvalue weighted by Crippen LogP contribution is -2.42. The SMILES string of the molecule is CN(C)Cc1cnc([C@@H]2CN(CC3CCOCC3)CCO2)[nH]1. The number of aromatic nitrogens is 2. The summed E-state index contributed by atoms with van der Waals surface area (Å²) in [5, 5.41) is 0. The van der Waals surface area contributed by atoms with Gasteiger partial charge in [0.25, 0.3) is 0 Å². The molecule has 0 spiro atoms. The van der Waals surface area contributed by atoms with Crippen LogP contribution in [0.3, 0.4) is 0 Å². The first kappa shape index (κ1) is 15.9. The van der Waals surface area contributed by atoms with E-state index in [0.717, 1.165) is 63.4 Å². The van der Waals surface area contributed by atoms with E-state index in [-0.39, 0.29) is 6.10 Å². The molecule has 3 rings (SSSR count). The molecule has 0 unspecified atom stereocenters. The van der Waals surface area contributed by atoms with E-state index in [1.807, 2.05) is 6.20 Å². The van der Waals surface area contributed by atoms with Crippen LogP contribution < -0.4 is 0 Å². The highest BCUT2D eigenvalue weighted by atomic mass is 16.5. The largest absolute Gasteiger partial charge is 0.381 e. The Morgan fingerprint density at radius 2 is 2.14 bits per heavy atom. The highest BCUT2D eigenvalue weighted by Crippen LogP contribution is 2.23. The van der Waals surface area contributed by atoms with E-state index in [2.05, 4.69) is 33.9 Å². The van der Waals surface area contributed by atoms with Crippen LogP contribution in [0, 0.1) is 5.92 Å². The lowest BCUT2D eigenvalue weighted by Gasteiger charge is -2.35. The number of rotatable bonds is 5. The molecular weight excluding hydrogens is 280 g/mol. The van der Waals surface area contributed by atoms with E-state index in [0.29, 0.717) is 0 Å². The molecule has 1 aromatic heterocycles. The molecule has 2 aliphatic rings. The van der Waals surface area contributed by atoms with Crippen molar-refractivity contribution in [3.05, 3.63) is 17.7 Å². The van der Waals surface area contributed by atoms with Crippen molar-refractivity contribution in [3.8, 4) is 0 Å². The van der Waals surface area contributed by atoms with Crippen molar-refractivity contribution in [2.24, 2.45) is 5.92 Å². The summed E-state index contributed by atoms with van der Waals surface area (Å²) in [6, 6.07) is 0.